The maximum Gasteiger partial charge on any atom is 0.277 e. The zero-order valence-corrected chi connectivity index (χ0v) is 12.9. The lowest BCUT2D eigenvalue weighted by Crippen LogP contribution is -2.14. The highest BCUT2D eigenvalue weighted by atomic mass is 19.1. The molecule has 0 unspecified atom stereocenters. The second kappa shape index (κ2) is 6.49. The van der Waals surface area contributed by atoms with Gasteiger partial charge in [0.05, 0.1) is 0 Å². The fourth-order valence-corrected chi connectivity index (χ4v) is 2.23. The van der Waals surface area contributed by atoms with Crippen LogP contribution in [0.2, 0.25) is 0 Å². The molecule has 0 bridgehead atoms. The predicted octanol–water partition coefficient (Wildman–Crippen LogP) is 2.50. The number of pyridine rings is 1. The molecule has 0 spiro atoms. The van der Waals surface area contributed by atoms with Gasteiger partial charge in [-0.2, -0.15) is 5.10 Å². The van der Waals surface area contributed by atoms with Crippen molar-refractivity contribution in [3.05, 3.63) is 71.3 Å². The Balaban J connectivity index is 1.67. The number of amides is 1. The van der Waals surface area contributed by atoms with Gasteiger partial charge >= 0.3 is 0 Å². The highest BCUT2D eigenvalue weighted by Gasteiger charge is 2.13. The number of nitrogens with one attached hydrogen (secondary N) is 1. The molecule has 3 aromatic rings. The Labute approximate surface area is 137 Å². The zero-order valence-electron chi connectivity index (χ0n) is 12.9. The third-order valence-corrected chi connectivity index (χ3v) is 3.45. The number of benzene rings is 1. The molecule has 0 radical (unpaired) electrons. The summed E-state index contributed by atoms with van der Waals surface area (Å²) in [6, 6.07) is 11.1. The summed E-state index contributed by atoms with van der Waals surface area (Å²) in [7, 11) is 1.53. The fraction of sp³-hybridized carbons (Fsp3) is 0.118. The van der Waals surface area contributed by atoms with E-state index in [0.29, 0.717) is 12.2 Å². The van der Waals surface area contributed by atoms with Crippen LogP contribution >= 0.6 is 0 Å². The molecule has 0 aliphatic rings. The maximum atomic E-state index is 13.2. The van der Waals surface area contributed by atoms with Crippen molar-refractivity contribution in [2.45, 2.75) is 6.42 Å². The quantitative estimate of drug-likeness (QED) is 0.772. The standard InChI is InChI=1S/C17H15FN4O2/c1-22-16(23)9-14(21-22)17(24)20-15-6-5-12(10-19-15)7-11-3-2-4-13(18)8-11/h2-6,8-10,23H,7H2,1H3,(H,19,20,24). The molecule has 6 nitrogen and oxygen atoms in total. The van der Waals surface area contributed by atoms with Crippen LogP contribution in [0.3, 0.4) is 0 Å². The van der Waals surface area contributed by atoms with E-state index in [0.717, 1.165) is 11.1 Å². The molecule has 24 heavy (non-hydrogen) atoms. The van der Waals surface area contributed by atoms with Gasteiger partial charge in [0.25, 0.3) is 5.91 Å². The molecule has 0 aliphatic heterocycles. The summed E-state index contributed by atoms with van der Waals surface area (Å²) in [6.45, 7) is 0. The van der Waals surface area contributed by atoms with Crippen molar-refractivity contribution in [2.24, 2.45) is 7.05 Å². The second-order valence-corrected chi connectivity index (χ2v) is 5.32. The minimum absolute atomic E-state index is 0.0978. The maximum absolute atomic E-state index is 13.2. The van der Waals surface area contributed by atoms with Gasteiger partial charge in [0.15, 0.2) is 5.69 Å². The largest absolute Gasteiger partial charge is 0.493 e. The van der Waals surface area contributed by atoms with Crippen molar-refractivity contribution in [3.8, 4) is 5.88 Å². The molecule has 3 rings (SSSR count). The molecular weight excluding hydrogens is 311 g/mol. The summed E-state index contributed by atoms with van der Waals surface area (Å²) >= 11 is 0. The van der Waals surface area contributed by atoms with Gasteiger partial charge in [-0.3, -0.25) is 4.79 Å². The molecule has 0 atom stereocenters. The lowest BCUT2D eigenvalue weighted by atomic mass is 10.1. The summed E-state index contributed by atoms with van der Waals surface area (Å²) < 4.78 is 14.4. The van der Waals surface area contributed by atoms with Gasteiger partial charge < -0.3 is 10.4 Å². The molecule has 2 aromatic heterocycles. The molecule has 2 N–H and O–H groups in total. The number of nitrogens with zero attached hydrogens (tertiary/aromatic N) is 3. The van der Waals surface area contributed by atoms with Crippen LogP contribution in [0.15, 0.2) is 48.7 Å². The van der Waals surface area contributed by atoms with E-state index in [4.69, 9.17) is 0 Å². The van der Waals surface area contributed by atoms with Gasteiger partial charge in [0, 0.05) is 19.3 Å². The number of anilines is 1. The molecule has 0 saturated carbocycles. The third-order valence-electron chi connectivity index (χ3n) is 3.45. The number of aryl methyl sites for hydroxylation is 1. The first kappa shape index (κ1) is 15.7. The smallest absolute Gasteiger partial charge is 0.277 e. The molecule has 122 valence electrons. The van der Waals surface area contributed by atoms with E-state index in [1.807, 2.05) is 12.1 Å². The van der Waals surface area contributed by atoms with E-state index in [-0.39, 0.29) is 17.4 Å². The Kier molecular flexibility index (Phi) is 4.24. The van der Waals surface area contributed by atoms with Crippen molar-refractivity contribution in [1.82, 2.24) is 14.8 Å². The first-order valence-corrected chi connectivity index (χ1v) is 7.25. The summed E-state index contributed by atoms with van der Waals surface area (Å²) in [6.07, 6.45) is 2.17. The Morgan fingerprint density at radius 3 is 2.71 bits per heavy atom. The summed E-state index contributed by atoms with van der Waals surface area (Å²) in [5.74, 6) is -0.467. The first-order chi connectivity index (χ1) is 11.5. The number of rotatable bonds is 4. The van der Waals surface area contributed by atoms with E-state index >= 15 is 0 Å². The van der Waals surface area contributed by atoms with Crippen molar-refractivity contribution >= 4 is 11.7 Å². The molecule has 1 amide bonds. The van der Waals surface area contributed by atoms with E-state index in [9.17, 15) is 14.3 Å². The Bertz CT molecular complexity index is 855. The van der Waals surface area contributed by atoms with Crippen LogP contribution in [-0.2, 0) is 13.5 Å². The number of carbonyl (C=O) groups is 1. The van der Waals surface area contributed by atoms with Crippen LogP contribution in [-0.4, -0.2) is 25.8 Å². The Hall–Kier alpha value is -3.22. The minimum Gasteiger partial charge on any atom is -0.493 e. The second-order valence-electron chi connectivity index (χ2n) is 5.32. The molecule has 0 saturated heterocycles. The van der Waals surface area contributed by atoms with Crippen molar-refractivity contribution in [3.63, 3.8) is 0 Å². The predicted molar refractivity (Wildman–Crippen MR) is 86.3 cm³/mol. The number of hydrogen-bond acceptors (Lipinski definition) is 4. The summed E-state index contributed by atoms with van der Waals surface area (Å²) in [5, 5.41) is 15.9. The van der Waals surface area contributed by atoms with Crippen LogP contribution in [0.1, 0.15) is 21.6 Å². The monoisotopic (exact) mass is 326 g/mol. The summed E-state index contributed by atoms with van der Waals surface area (Å²) in [5.41, 5.74) is 1.84. The van der Waals surface area contributed by atoms with Gasteiger partial charge in [-0.25, -0.2) is 14.1 Å². The van der Waals surface area contributed by atoms with Crippen LogP contribution < -0.4 is 5.32 Å². The van der Waals surface area contributed by atoms with Crippen molar-refractivity contribution < 1.29 is 14.3 Å². The molecule has 7 heteroatoms. The third kappa shape index (κ3) is 3.57. The van der Waals surface area contributed by atoms with E-state index in [1.54, 1.807) is 18.3 Å². The normalized spacial score (nSPS) is 10.6. The zero-order chi connectivity index (χ0) is 17.1. The molecule has 0 fully saturated rings. The van der Waals surface area contributed by atoms with Gasteiger partial charge in [-0.05, 0) is 35.7 Å². The highest BCUT2D eigenvalue weighted by Crippen LogP contribution is 2.14. The SMILES string of the molecule is Cn1nc(C(=O)Nc2ccc(Cc3cccc(F)c3)cn2)cc1O. The summed E-state index contributed by atoms with van der Waals surface area (Å²) in [4.78, 5) is 16.2. The van der Waals surface area contributed by atoms with Gasteiger partial charge in [0.1, 0.15) is 11.6 Å². The van der Waals surface area contributed by atoms with E-state index in [2.05, 4.69) is 15.4 Å². The van der Waals surface area contributed by atoms with Crippen LogP contribution in [0.25, 0.3) is 0 Å². The average Bonchev–Trinajstić information content (AvgIpc) is 2.89. The van der Waals surface area contributed by atoms with Crippen LogP contribution in [0.4, 0.5) is 10.2 Å². The highest BCUT2D eigenvalue weighted by molar-refractivity contribution is 6.02. The Morgan fingerprint density at radius 2 is 2.08 bits per heavy atom. The van der Waals surface area contributed by atoms with E-state index in [1.165, 1.54) is 29.9 Å². The molecule has 2 heterocycles. The fourth-order valence-electron chi connectivity index (χ4n) is 2.23. The van der Waals surface area contributed by atoms with Crippen LogP contribution in [0.5, 0.6) is 5.88 Å². The number of carbonyl (C=O) groups excluding carboxylic acids is 1. The topological polar surface area (TPSA) is 80.0 Å². The molecule has 1 aromatic carbocycles. The van der Waals surface area contributed by atoms with E-state index < -0.39 is 5.91 Å². The van der Waals surface area contributed by atoms with Crippen molar-refractivity contribution in [2.75, 3.05) is 5.32 Å². The lowest BCUT2D eigenvalue weighted by Gasteiger charge is -2.05. The van der Waals surface area contributed by atoms with Crippen LogP contribution in [0, 0.1) is 5.82 Å². The number of halogens is 1. The average molecular weight is 326 g/mol. The lowest BCUT2D eigenvalue weighted by molar-refractivity contribution is 0.102. The number of hydrogen-bond donors (Lipinski definition) is 2. The number of aromatic nitrogens is 3. The first-order valence-electron chi connectivity index (χ1n) is 7.25. The van der Waals surface area contributed by atoms with Gasteiger partial charge in [-0.1, -0.05) is 18.2 Å². The Morgan fingerprint density at radius 1 is 1.25 bits per heavy atom. The van der Waals surface area contributed by atoms with Crippen molar-refractivity contribution in [1.29, 1.82) is 0 Å². The molecular formula is C17H15FN4O2. The van der Waals surface area contributed by atoms with Gasteiger partial charge in [-0.15, -0.1) is 0 Å². The minimum atomic E-state index is -0.462. The molecule has 0 aliphatic carbocycles. The van der Waals surface area contributed by atoms with Gasteiger partial charge in [0.2, 0.25) is 5.88 Å². The number of aromatic hydroxyl groups is 1.